The quantitative estimate of drug-likeness (QED) is 0.510. The van der Waals surface area contributed by atoms with Crippen molar-refractivity contribution in [2.45, 2.75) is 38.6 Å². The Labute approximate surface area is 195 Å². The number of rotatable bonds is 9. The van der Waals surface area contributed by atoms with Crippen LogP contribution >= 0.6 is 0 Å². The highest BCUT2D eigenvalue weighted by atomic mass is 16.5. The minimum Gasteiger partial charge on any atom is -0.493 e. The third kappa shape index (κ3) is 6.35. The summed E-state index contributed by atoms with van der Waals surface area (Å²) in [5, 5.41) is 10.8. The Morgan fingerprint density at radius 1 is 1.18 bits per heavy atom. The summed E-state index contributed by atoms with van der Waals surface area (Å²) in [6.07, 6.45) is 6.46. The largest absolute Gasteiger partial charge is 0.493 e. The number of carbonyl (C=O) groups is 1. The van der Waals surface area contributed by atoms with Crippen LogP contribution in [0.15, 0.2) is 54.7 Å². The number of hydrogen-bond acceptors (Lipinski definition) is 5. The maximum Gasteiger partial charge on any atom is 0.262 e. The lowest BCUT2D eigenvalue weighted by atomic mass is 10.0. The monoisotopic (exact) mass is 448 g/mol. The normalized spacial score (nSPS) is 15.8. The molecule has 1 aromatic heterocycles. The zero-order valence-electron chi connectivity index (χ0n) is 19.3. The molecule has 1 aliphatic heterocycles. The molecule has 1 amide bonds. The maximum absolute atomic E-state index is 12.5. The van der Waals surface area contributed by atoms with Gasteiger partial charge in [-0.05, 0) is 74.7 Å². The van der Waals surface area contributed by atoms with Crippen LogP contribution in [0.3, 0.4) is 0 Å². The number of amides is 1. The smallest absolute Gasteiger partial charge is 0.262 e. The van der Waals surface area contributed by atoms with E-state index in [4.69, 9.17) is 9.47 Å². The van der Waals surface area contributed by atoms with Gasteiger partial charge in [0.15, 0.2) is 6.61 Å². The predicted molar refractivity (Wildman–Crippen MR) is 130 cm³/mol. The van der Waals surface area contributed by atoms with E-state index in [-0.39, 0.29) is 12.5 Å². The molecule has 2 aromatic carbocycles. The van der Waals surface area contributed by atoms with E-state index in [1.807, 2.05) is 62.5 Å². The van der Waals surface area contributed by atoms with Crippen molar-refractivity contribution < 1.29 is 14.3 Å². The van der Waals surface area contributed by atoms with Crippen molar-refractivity contribution in [2.75, 3.05) is 25.1 Å². The van der Waals surface area contributed by atoms with Crippen molar-refractivity contribution in [3.63, 3.8) is 0 Å². The standard InChI is InChI=1S/C26H32N4O3/c1-19-6-5-8-22(16-19)33-18-26(31)29-21-9-10-25(23(17-21)24-11-14-28-30(24)2)32-15-12-20-7-3-4-13-27-20/h5-6,8-11,14,16-17,20,27H,3-4,7,12-13,15,18H2,1-2H3,(H,29,31). The number of anilines is 1. The topological polar surface area (TPSA) is 77.4 Å². The third-order valence-electron chi connectivity index (χ3n) is 5.86. The summed E-state index contributed by atoms with van der Waals surface area (Å²) in [5.74, 6) is 1.24. The number of hydrogen-bond donors (Lipinski definition) is 2. The Balaban J connectivity index is 1.41. The third-order valence-corrected chi connectivity index (χ3v) is 5.86. The zero-order chi connectivity index (χ0) is 23.0. The van der Waals surface area contributed by atoms with Crippen molar-refractivity contribution in [1.82, 2.24) is 15.1 Å². The number of nitrogens with zero attached hydrogens (tertiary/aromatic N) is 2. The number of piperidine rings is 1. The molecule has 0 aliphatic carbocycles. The van der Waals surface area contributed by atoms with Crippen LogP contribution in [0.2, 0.25) is 0 Å². The Morgan fingerprint density at radius 2 is 2.09 bits per heavy atom. The van der Waals surface area contributed by atoms with Gasteiger partial charge >= 0.3 is 0 Å². The molecule has 0 saturated carbocycles. The first-order chi connectivity index (χ1) is 16.1. The minimum absolute atomic E-state index is 0.0584. The van der Waals surface area contributed by atoms with Crippen LogP contribution in [0, 0.1) is 6.92 Å². The Bertz CT molecular complexity index is 1070. The van der Waals surface area contributed by atoms with E-state index in [1.165, 1.54) is 19.3 Å². The first-order valence-electron chi connectivity index (χ1n) is 11.6. The lowest BCUT2D eigenvalue weighted by Crippen LogP contribution is -2.35. The van der Waals surface area contributed by atoms with Gasteiger partial charge in [-0.25, -0.2) is 0 Å². The minimum atomic E-state index is -0.218. The first kappa shape index (κ1) is 22.9. The number of nitrogens with one attached hydrogen (secondary N) is 2. The molecule has 0 radical (unpaired) electrons. The number of aryl methyl sites for hydroxylation is 2. The van der Waals surface area contributed by atoms with Crippen LogP contribution in [0.25, 0.3) is 11.3 Å². The molecule has 0 spiro atoms. The van der Waals surface area contributed by atoms with Crippen molar-refractivity contribution in [2.24, 2.45) is 7.05 Å². The van der Waals surface area contributed by atoms with Crippen molar-refractivity contribution in [1.29, 1.82) is 0 Å². The summed E-state index contributed by atoms with van der Waals surface area (Å²) >= 11 is 0. The number of benzene rings is 2. The van der Waals surface area contributed by atoms with Crippen molar-refractivity contribution >= 4 is 11.6 Å². The summed E-state index contributed by atoms with van der Waals surface area (Å²) < 4.78 is 13.6. The van der Waals surface area contributed by atoms with Gasteiger partial charge in [0.05, 0.1) is 12.3 Å². The molecule has 1 fully saturated rings. The number of carbonyl (C=O) groups excluding carboxylic acids is 1. The molecule has 1 saturated heterocycles. The summed E-state index contributed by atoms with van der Waals surface area (Å²) in [6, 6.07) is 15.8. The molecule has 1 atom stereocenters. The van der Waals surface area contributed by atoms with Crippen LogP contribution in [0.1, 0.15) is 31.2 Å². The zero-order valence-corrected chi connectivity index (χ0v) is 19.3. The van der Waals surface area contributed by atoms with Crippen LogP contribution < -0.4 is 20.1 Å². The van der Waals surface area contributed by atoms with Gasteiger partial charge in [-0.2, -0.15) is 5.10 Å². The van der Waals surface area contributed by atoms with Crippen molar-refractivity contribution in [3.8, 4) is 22.8 Å². The van der Waals surface area contributed by atoms with Gasteiger partial charge in [-0.3, -0.25) is 9.48 Å². The Hall–Kier alpha value is -3.32. The second-order valence-electron chi connectivity index (χ2n) is 8.49. The van der Waals surface area contributed by atoms with E-state index in [9.17, 15) is 4.79 Å². The fourth-order valence-electron chi connectivity index (χ4n) is 4.10. The fourth-order valence-corrected chi connectivity index (χ4v) is 4.10. The SMILES string of the molecule is Cc1cccc(OCC(=O)Nc2ccc(OCCC3CCCCN3)c(-c3ccnn3C)c2)c1. The highest BCUT2D eigenvalue weighted by Gasteiger charge is 2.15. The molecule has 4 rings (SSSR count). The Kier molecular flexibility index (Phi) is 7.62. The molecule has 174 valence electrons. The summed E-state index contributed by atoms with van der Waals surface area (Å²) in [4.78, 5) is 12.5. The molecule has 7 heteroatoms. The van der Waals surface area contributed by atoms with E-state index in [0.717, 1.165) is 35.5 Å². The summed E-state index contributed by atoms with van der Waals surface area (Å²) in [7, 11) is 1.89. The van der Waals surface area contributed by atoms with Gasteiger partial charge in [-0.1, -0.05) is 18.6 Å². The summed E-state index contributed by atoms with van der Waals surface area (Å²) in [6.45, 7) is 3.66. The fraction of sp³-hybridized carbons (Fsp3) is 0.385. The molecule has 0 bridgehead atoms. The van der Waals surface area contributed by atoms with Gasteiger partial charge < -0.3 is 20.1 Å². The second-order valence-corrected chi connectivity index (χ2v) is 8.49. The number of aromatic nitrogens is 2. The van der Waals surface area contributed by atoms with Crippen molar-refractivity contribution in [3.05, 3.63) is 60.3 Å². The van der Waals surface area contributed by atoms with E-state index >= 15 is 0 Å². The molecule has 7 nitrogen and oxygen atoms in total. The average Bonchev–Trinajstić information content (AvgIpc) is 3.25. The second kappa shape index (κ2) is 11.0. The first-order valence-corrected chi connectivity index (χ1v) is 11.6. The highest BCUT2D eigenvalue weighted by Crippen LogP contribution is 2.32. The molecule has 33 heavy (non-hydrogen) atoms. The highest BCUT2D eigenvalue weighted by molar-refractivity contribution is 5.93. The molecule has 2 heterocycles. The van der Waals surface area contributed by atoms with Gasteiger partial charge in [0.25, 0.3) is 5.91 Å². The van der Waals surface area contributed by atoms with E-state index in [2.05, 4.69) is 15.7 Å². The van der Waals surface area contributed by atoms with Gasteiger partial charge in [0.2, 0.25) is 0 Å². The van der Waals surface area contributed by atoms with Crippen LogP contribution in [0.5, 0.6) is 11.5 Å². The van der Waals surface area contributed by atoms with Gasteiger partial charge in [-0.15, -0.1) is 0 Å². The van der Waals surface area contributed by atoms with E-state index in [1.54, 1.807) is 10.9 Å². The van der Waals surface area contributed by atoms with Crippen LogP contribution in [-0.4, -0.2) is 41.5 Å². The average molecular weight is 449 g/mol. The molecule has 3 aromatic rings. The maximum atomic E-state index is 12.5. The molecular formula is C26H32N4O3. The van der Waals surface area contributed by atoms with Crippen LogP contribution in [-0.2, 0) is 11.8 Å². The molecule has 2 N–H and O–H groups in total. The summed E-state index contributed by atoms with van der Waals surface area (Å²) in [5.41, 5.74) is 3.59. The lowest BCUT2D eigenvalue weighted by Gasteiger charge is -2.23. The Morgan fingerprint density at radius 3 is 2.85 bits per heavy atom. The van der Waals surface area contributed by atoms with Gasteiger partial charge in [0, 0.05) is 30.5 Å². The molecular weight excluding hydrogens is 416 g/mol. The molecule has 1 aliphatic rings. The molecule has 1 unspecified atom stereocenters. The van der Waals surface area contributed by atoms with Gasteiger partial charge in [0.1, 0.15) is 11.5 Å². The van der Waals surface area contributed by atoms with E-state index in [0.29, 0.717) is 24.1 Å². The van der Waals surface area contributed by atoms with Crippen LogP contribution in [0.4, 0.5) is 5.69 Å². The predicted octanol–water partition coefficient (Wildman–Crippen LogP) is 4.32. The lowest BCUT2D eigenvalue weighted by molar-refractivity contribution is -0.118. The van der Waals surface area contributed by atoms with E-state index < -0.39 is 0 Å². The number of ether oxygens (including phenoxy) is 2.